The molecule has 0 unspecified atom stereocenters. The van der Waals surface area contributed by atoms with Crippen molar-refractivity contribution in [3.8, 4) is 46.5 Å². The van der Waals surface area contributed by atoms with Crippen LogP contribution in [0.3, 0.4) is 0 Å². The Kier molecular flexibility index (Phi) is 12.3. The standard InChI is InChI=1S/C24H22N4O4.C22H19N5O3/c1-3-32-22(29)20-14-19(18-8-11-25-15-18)26-21(27-20)17-6-4-5-16(13-17)7-9-24(31)10-12-28(2)23(24)30;1-27-10-8-22(30,21(27)29)7-5-14-3-2-4-15(11-14)20-25-17(16-6-9-24-13-16)12-18(26-20)19(23)28/h4-6,8,11,13-14,31H,3,10,12,15H2,1-2H3;2-4,6,9,11-12,30H,8,10,13H2,1H3,(H2,23,28)/t24-;22-/m00/s1. The Morgan fingerprint density at radius 3 is 1.60 bits per heavy atom. The Balaban J connectivity index is 0.000000187. The molecule has 0 saturated carbocycles. The van der Waals surface area contributed by atoms with E-state index < -0.39 is 34.9 Å². The lowest BCUT2D eigenvalue weighted by Crippen LogP contribution is -2.37. The predicted octanol–water partition coefficient (Wildman–Crippen LogP) is 2.39. The first-order chi connectivity index (χ1) is 29.7. The monoisotopic (exact) mass is 831 g/mol. The molecule has 16 heteroatoms. The van der Waals surface area contributed by atoms with Gasteiger partial charge in [0, 0.05) is 85.9 Å². The van der Waals surface area contributed by atoms with E-state index in [1.807, 2.05) is 18.2 Å². The third-order valence-electron chi connectivity index (χ3n) is 10.2. The fraction of sp³-hybridized carbons (Fsp3) is 0.261. The molecule has 62 heavy (non-hydrogen) atoms. The van der Waals surface area contributed by atoms with Gasteiger partial charge in [-0.25, -0.2) is 24.7 Å². The van der Waals surface area contributed by atoms with Crippen molar-refractivity contribution >= 4 is 47.3 Å². The molecule has 2 fully saturated rings. The minimum Gasteiger partial charge on any atom is -0.461 e. The van der Waals surface area contributed by atoms with Crippen LogP contribution in [0.25, 0.3) is 33.9 Å². The Bertz CT molecular complexity index is 2760. The molecule has 3 amide bonds. The summed E-state index contributed by atoms with van der Waals surface area (Å²) in [6.45, 7) is 3.84. The van der Waals surface area contributed by atoms with Crippen molar-refractivity contribution in [3.63, 3.8) is 0 Å². The van der Waals surface area contributed by atoms with E-state index in [2.05, 4.69) is 53.6 Å². The van der Waals surface area contributed by atoms with Gasteiger partial charge in [-0.3, -0.25) is 24.4 Å². The van der Waals surface area contributed by atoms with Crippen LogP contribution in [0.4, 0.5) is 0 Å². The van der Waals surface area contributed by atoms with Gasteiger partial charge in [0.25, 0.3) is 17.7 Å². The number of hydrogen-bond donors (Lipinski definition) is 3. The summed E-state index contributed by atoms with van der Waals surface area (Å²) in [5, 5.41) is 21.0. The van der Waals surface area contributed by atoms with Crippen LogP contribution in [0.1, 0.15) is 63.3 Å². The summed E-state index contributed by atoms with van der Waals surface area (Å²) >= 11 is 0. The van der Waals surface area contributed by atoms with Crippen LogP contribution in [-0.4, -0.2) is 134 Å². The molecule has 0 bridgehead atoms. The molecule has 2 aromatic heterocycles. The summed E-state index contributed by atoms with van der Waals surface area (Å²) in [6.07, 6.45) is 7.58. The van der Waals surface area contributed by atoms with Crippen molar-refractivity contribution in [1.29, 1.82) is 0 Å². The number of nitrogens with zero attached hydrogens (tertiary/aromatic N) is 8. The molecule has 2 aromatic carbocycles. The number of carbonyl (C=O) groups excluding carboxylic acids is 4. The molecule has 4 aromatic rings. The zero-order valence-corrected chi connectivity index (χ0v) is 34.1. The SMILES string of the molecule is CCOC(=O)c1cc(C2=CC=NC2)nc(-c2cccc(C#C[C@]3(O)CCN(C)C3=O)c2)n1.CN1CC[C@@](O)(C#Cc2cccc(-c3nc(C(N)=O)cc(C4=CC=NC4)n3)c2)C1=O. The number of aliphatic hydroxyl groups is 2. The van der Waals surface area contributed by atoms with Gasteiger partial charge in [0.15, 0.2) is 17.3 Å². The molecule has 4 aliphatic rings. The summed E-state index contributed by atoms with van der Waals surface area (Å²) in [7, 11) is 3.27. The van der Waals surface area contributed by atoms with Gasteiger partial charge in [-0.15, -0.1) is 0 Å². The summed E-state index contributed by atoms with van der Waals surface area (Å²) < 4.78 is 5.12. The summed E-state index contributed by atoms with van der Waals surface area (Å²) in [6, 6.07) is 17.3. The molecule has 0 radical (unpaired) electrons. The van der Waals surface area contributed by atoms with Crippen LogP contribution in [-0.2, 0) is 14.3 Å². The number of esters is 1. The number of allylic oxidation sites excluding steroid dienone is 2. The molecule has 6 heterocycles. The van der Waals surface area contributed by atoms with Crippen LogP contribution >= 0.6 is 0 Å². The van der Waals surface area contributed by atoms with Crippen molar-refractivity contribution in [1.82, 2.24) is 29.7 Å². The molecule has 16 nitrogen and oxygen atoms in total. The minimum absolute atomic E-state index is 0.105. The maximum absolute atomic E-state index is 12.4. The third-order valence-corrected chi connectivity index (χ3v) is 10.2. The van der Waals surface area contributed by atoms with Gasteiger partial charge in [-0.05, 0) is 55.5 Å². The first-order valence-electron chi connectivity index (χ1n) is 19.6. The van der Waals surface area contributed by atoms with E-state index in [1.54, 1.807) is 88.0 Å². The zero-order valence-electron chi connectivity index (χ0n) is 34.1. The Morgan fingerprint density at radius 1 is 0.726 bits per heavy atom. The normalized spacial score (nSPS) is 19.8. The fourth-order valence-electron chi connectivity index (χ4n) is 6.71. The van der Waals surface area contributed by atoms with E-state index in [4.69, 9.17) is 10.5 Å². The number of hydrogen-bond acceptors (Lipinski definition) is 13. The van der Waals surface area contributed by atoms with Crippen LogP contribution in [0.5, 0.6) is 0 Å². The quantitative estimate of drug-likeness (QED) is 0.181. The molecule has 0 aliphatic carbocycles. The first-order valence-corrected chi connectivity index (χ1v) is 19.6. The molecule has 8 rings (SSSR count). The van der Waals surface area contributed by atoms with E-state index in [-0.39, 0.29) is 30.8 Å². The van der Waals surface area contributed by atoms with E-state index in [1.165, 1.54) is 9.80 Å². The van der Waals surface area contributed by atoms with Gasteiger partial charge in [0.1, 0.15) is 5.69 Å². The molecular formula is C46H41N9O7. The van der Waals surface area contributed by atoms with Crippen molar-refractivity contribution in [2.45, 2.75) is 31.0 Å². The molecular weight excluding hydrogens is 791 g/mol. The number of aliphatic imine (C=N–C) groups is 2. The second-order valence-electron chi connectivity index (χ2n) is 14.7. The third kappa shape index (κ3) is 9.37. The van der Waals surface area contributed by atoms with Gasteiger partial charge in [0.05, 0.1) is 31.1 Å². The van der Waals surface area contributed by atoms with Crippen LogP contribution in [0.15, 0.2) is 82.8 Å². The number of ether oxygens (including phenoxy) is 1. The zero-order chi connectivity index (χ0) is 44.0. The minimum atomic E-state index is -1.67. The molecule has 4 aliphatic heterocycles. The highest BCUT2D eigenvalue weighted by atomic mass is 16.5. The molecule has 312 valence electrons. The average Bonchev–Trinajstić information content (AvgIpc) is 4.12. The van der Waals surface area contributed by atoms with Crippen molar-refractivity contribution < 1.29 is 34.1 Å². The number of likely N-dealkylation sites (N-methyl/N-ethyl adjacent to an activating group) is 2. The topological polar surface area (TPSA) is 227 Å². The van der Waals surface area contributed by atoms with Crippen LogP contribution in [0.2, 0.25) is 0 Å². The molecule has 2 saturated heterocycles. The van der Waals surface area contributed by atoms with E-state index in [0.29, 0.717) is 71.5 Å². The number of likely N-dealkylation sites (tertiary alicyclic amines) is 2. The molecule has 0 spiro atoms. The van der Waals surface area contributed by atoms with Gasteiger partial charge in [-0.1, -0.05) is 47.9 Å². The highest BCUT2D eigenvalue weighted by Crippen LogP contribution is 2.26. The number of nitrogens with two attached hydrogens (primary N) is 1. The summed E-state index contributed by atoms with van der Waals surface area (Å²) in [4.78, 5) is 77.4. The number of aromatic nitrogens is 4. The smallest absolute Gasteiger partial charge is 0.357 e. The van der Waals surface area contributed by atoms with Gasteiger partial charge in [-0.2, -0.15) is 0 Å². The predicted molar refractivity (Wildman–Crippen MR) is 230 cm³/mol. The molecule has 2 atom stereocenters. The van der Waals surface area contributed by atoms with Crippen molar-refractivity contribution in [2.24, 2.45) is 15.7 Å². The Labute approximate surface area is 357 Å². The number of benzene rings is 2. The maximum Gasteiger partial charge on any atom is 0.357 e. The lowest BCUT2D eigenvalue weighted by Gasteiger charge is -2.13. The van der Waals surface area contributed by atoms with E-state index >= 15 is 0 Å². The molecule has 4 N–H and O–H groups in total. The van der Waals surface area contributed by atoms with E-state index in [0.717, 1.165) is 11.1 Å². The number of primary amides is 1. The lowest BCUT2D eigenvalue weighted by atomic mass is 10.0. The van der Waals surface area contributed by atoms with E-state index in [9.17, 15) is 29.4 Å². The first kappa shape index (κ1) is 42.5. The maximum atomic E-state index is 12.4. The van der Waals surface area contributed by atoms with Gasteiger partial charge >= 0.3 is 5.97 Å². The Morgan fingerprint density at radius 2 is 1.19 bits per heavy atom. The largest absolute Gasteiger partial charge is 0.461 e. The highest BCUT2D eigenvalue weighted by Gasteiger charge is 2.43. The number of rotatable bonds is 7. The Hall–Kier alpha value is -7.66. The van der Waals surface area contributed by atoms with Crippen LogP contribution < -0.4 is 5.73 Å². The van der Waals surface area contributed by atoms with Crippen molar-refractivity contribution in [3.05, 3.63) is 107 Å². The average molecular weight is 832 g/mol. The lowest BCUT2D eigenvalue weighted by molar-refractivity contribution is -0.138. The number of amides is 3. The second kappa shape index (κ2) is 17.9. The summed E-state index contributed by atoms with van der Waals surface area (Å²) in [5.41, 5.74) is 7.74. The second-order valence-corrected chi connectivity index (χ2v) is 14.7. The van der Waals surface area contributed by atoms with Gasteiger partial charge < -0.3 is 30.5 Å². The highest BCUT2D eigenvalue weighted by molar-refractivity contribution is 5.95. The fourth-order valence-corrected chi connectivity index (χ4v) is 6.71. The van der Waals surface area contributed by atoms with Crippen molar-refractivity contribution in [2.75, 3.05) is 46.9 Å². The van der Waals surface area contributed by atoms with Gasteiger partial charge in [0.2, 0.25) is 11.2 Å². The number of carbonyl (C=O) groups is 4. The van der Waals surface area contributed by atoms with Crippen LogP contribution in [0, 0.1) is 23.7 Å². The summed E-state index contributed by atoms with van der Waals surface area (Å²) in [5.74, 6) is 9.85.